The van der Waals surface area contributed by atoms with Gasteiger partial charge in [-0.05, 0) is 18.2 Å². The molecule has 4 heteroatoms. The van der Waals surface area contributed by atoms with Crippen molar-refractivity contribution in [2.45, 2.75) is 6.92 Å². The zero-order valence-corrected chi connectivity index (χ0v) is 7.82. The summed E-state index contributed by atoms with van der Waals surface area (Å²) < 4.78 is 4.77. The Morgan fingerprint density at radius 1 is 1.25 bits per heavy atom. The summed E-state index contributed by atoms with van der Waals surface area (Å²) in [5.41, 5.74) is 0. The van der Waals surface area contributed by atoms with Crippen LogP contribution < -0.4 is 4.74 Å². The monoisotopic (exact) mass is 204 g/mol. The average Bonchev–Trinajstić information content (AvgIpc) is 1.81. The van der Waals surface area contributed by atoms with E-state index < -0.39 is 5.97 Å². The lowest BCUT2D eigenvalue weighted by Gasteiger charge is -2.01. The third-order valence-corrected chi connectivity index (χ3v) is 1.53. The van der Waals surface area contributed by atoms with Crippen LogP contribution in [0.2, 0.25) is 10.0 Å². The minimum atomic E-state index is -0.395. The molecule has 0 amide bonds. The van der Waals surface area contributed by atoms with Gasteiger partial charge in [-0.3, -0.25) is 4.79 Å². The highest BCUT2D eigenvalue weighted by molar-refractivity contribution is 6.34. The van der Waals surface area contributed by atoms with Crippen molar-refractivity contribution < 1.29 is 9.53 Å². The standard InChI is InChI=1S/C8H6Cl2O2/c1-5(11)12-8-3-6(9)2-7(10)4-8/h2-4H,1H3. The summed E-state index contributed by atoms with van der Waals surface area (Å²) in [5.74, 6) is -0.0340. The van der Waals surface area contributed by atoms with Crippen molar-refractivity contribution in [2.75, 3.05) is 0 Å². The van der Waals surface area contributed by atoms with Crippen LogP contribution >= 0.6 is 23.2 Å². The average molecular weight is 205 g/mol. The van der Waals surface area contributed by atoms with Gasteiger partial charge in [-0.15, -0.1) is 0 Å². The van der Waals surface area contributed by atoms with E-state index in [1.807, 2.05) is 0 Å². The third-order valence-electron chi connectivity index (χ3n) is 1.10. The van der Waals surface area contributed by atoms with E-state index in [2.05, 4.69) is 0 Å². The number of benzene rings is 1. The van der Waals surface area contributed by atoms with E-state index in [9.17, 15) is 4.79 Å². The van der Waals surface area contributed by atoms with E-state index >= 15 is 0 Å². The van der Waals surface area contributed by atoms with Crippen LogP contribution in [0.1, 0.15) is 6.92 Å². The van der Waals surface area contributed by atoms with Crippen LogP contribution in [-0.4, -0.2) is 5.97 Å². The second-order valence-electron chi connectivity index (χ2n) is 2.20. The van der Waals surface area contributed by atoms with Crippen molar-refractivity contribution in [2.24, 2.45) is 0 Å². The van der Waals surface area contributed by atoms with E-state index in [-0.39, 0.29) is 0 Å². The molecule has 2 nitrogen and oxygen atoms in total. The van der Waals surface area contributed by atoms with Crippen LogP contribution in [-0.2, 0) is 4.79 Å². The molecule has 0 heterocycles. The summed E-state index contributed by atoms with van der Waals surface area (Å²) in [6, 6.07) is 4.61. The molecule has 0 unspecified atom stereocenters. The largest absolute Gasteiger partial charge is 0.427 e. The molecule has 0 fully saturated rings. The number of carbonyl (C=O) groups is 1. The first-order chi connectivity index (χ1) is 5.58. The van der Waals surface area contributed by atoms with Crippen LogP contribution in [0.3, 0.4) is 0 Å². The van der Waals surface area contributed by atoms with E-state index in [0.29, 0.717) is 15.8 Å². The molecule has 0 aliphatic rings. The first-order valence-corrected chi connectivity index (χ1v) is 3.98. The highest BCUT2D eigenvalue weighted by Gasteiger charge is 2.00. The molecule has 0 aliphatic heterocycles. The van der Waals surface area contributed by atoms with Crippen molar-refractivity contribution in [3.05, 3.63) is 28.2 Å². The van der Waals surface area contributed by atoms with Gasteiger partial charge in [0.25, 0.3) is 0 Å². The Morgan fingerprint density at radius 3 is 2.17 bits per heavy atom. The normalized spacial score (nSPS) is 9.58. The highest BCUT2D eigenvalue weighted by Crippen LogP contribution is 2.23. The SMILES string of the molecule is CC(=O)Oc1cc(Cl)cc(Cl)c1. The van der Waals surface area contributed by atoms with Crippen molar-refractivity contribution in [1.29, 1.82) is 0 Å². The van der Waals surface area contributed by atoms with Crippen LogP contribution in [0.5, 0.6) is 5.75 Å². The maximum Gasteiger partial charge on any atom is 0.308 e. The number of hydrogen-bond donors (Lipinski definition) is 0. The van der Waals surface area contributed by atoms with Gasteiger partial charge >= 0.3 is 5.97 Å². The van der Waals surface area contributed by atoms with Gasteiger partial charge in [0.2, 0.25) is 0 Å². The van der Waals surface area contributed by atoms with Crippen LogP contribution in [0.25, 0.3) is 0 Å². The number of hydrogen-bond acceptors (Lipinski definition) is 2. The molecule has 1 aromatic rings. The molecule has 0 aliphatic carbocycles. The topological polar surface area (TPSA) is 26.3 Å². The van der Waals surface area contributed by atoms with E-state index in [1.165, 1.54) is 19.1 Å². The lowest BCUT2D eigenvalue weighted by Crippen LogP contribution is -2.00. The molecule has 0 N–H and O–H groups in total. The molecular weight excluding hydrogens is 199 g/mol. The summed E-state index contributed by atoms with van der Waals surface area (Å²) in [5, 5.41) is 0.887. The zero-order valence-electron chi connectivity index (χ0n) is 6.30. The fourth-order valence-corrected chi connectivity index (χ4v) is 1.26. The second-order valence-corrected chi connectivity index (χ2v) is 3.07. The van der Waals surface area contributed by atoms with Gasteiger partial charge in [0.1, 0.15) is 5.75 Å². The molecule has 12 heavy (non-hydrogen) atoms. The predicted octanol–water partition coefficient (Wildman–Crippen LogP) is 2.92. The molecule has 0 bridgehead atoms. The van der Waals surface area contributed by atoms with Gasteiger partial charge in [-0.25, -0.2) is 0 Å². The van der Waals surface area contributed by atoms with E-state index in [4.69, 9.17) is 27.9 Å². The number of rotatable bonds is 1. The molecule has 64 valence electrons. The van der Waals surface area contributed by atoms with E-state index in [0.717, 1.165) is 0 Å². The first kappa shape index (κ1) is 9.36. The molecule has 1 rings (SSSR count). The lowest BCUT2D eigenvalue weighted by atomic mass is 10.3. The van der Waals surface area contributed by atoms with Gasteiger partial charge in [-0.1, -0.05) is 23.2 Å². The summed E-state index contributed by atoms with van der Waals surface area (Å²) in [4.78, 5) is 10.5. The summed E-state index contributed by atoms with van der Waals surface area (Å²) in [6.07, 6.45) is 0. The molecule has 1 aromatic carbocycles. The number of ether oxygens (including phenoxy) is 1. The van der Waals surface area contributed by atoms with Crippen LogP contribution in [0.15, 0.2) is 18.2 Å². The van der Waals surface area contributed by atoms with Gasteiger partial charge in [-0.2, -0.15) is 0 Å². The summed E-state index contributed by atoms with van der Waals surface area (Å²) in [7, 11) is 0. The number of halogens is 2. The smallest absolute Gasteiger partial charge is 0.308 e. The molecule has 0 saturated heterocycles. The molecule has 0 saturated carbocycles. The molecule has 0 atom stereocenters. The molecule has 0 spiro atoms. The predicted molar refractivity (Wildman–Crippen MR) is 47.8 cm³/mol. The van der Waals surface area contributed by atoms with Crippen molar-refractivity contribution in [1.82, 2.24) is 0 Å². The molecular formula is C8H6Cl2O2. The minimum Gasteiger partial charge on any atom is -0.427 e. The highest BCUT2D eigenvalue weighted by atomic mass is 35.5. The Hall–Kier alpha value is -0.730. The Kier molecular flexibility index (Phi) is 2.95. The second kappa shape index (κ2) is 3.78. The third kappa shape index (κ3) is 2.72. The zero-order chi connectivity index (χ0) is 9.14. The number of carbonyl (C=O) groups excluding carboxylic acids is 1. The Morgan fingerprint density at radius 2 is 1.75 bits per heavy atom. The van der Waals surface area contributed by atoms with Crippen molar-refractivity contribution in [3.63, 3.8) is 0 Å². The molecule has 0 aromatic heterocycles. The summed E-state index contributed by atoms with van der Waals surface area (Å²) in [6.45, 7) is 1.31. The Labute approximate surface area is 80.0 Å². The first-order valence-electron chi connectivity index (χ1n) is 3.22. The van der Waals surface area contributed by atoms with Crippen molar-refractivity contribution >= 4 is 29.2 Å². The fourth-order valence-electron chi connectivity index (χ4n) is 0.753. The maximum absolute atomic E-state index is 10.5. The Bertz CT molecular complexity index is 290. The molecule has 0 radical (unpaired) electrons. The maximum atomic E-state index is 10.5. The lowest BCUT2D eigenvalue weighted by molar-refractivity contribution is -0.131. The van der Waals surface area contributed by atoms with Gasteiger partial charge < -0.3 is 4.74 Å². The summed E-state index contributed by atoms with van der Waals surface area (Å²) >= 11 is 11.3. The van der Waals surface area contributed by atoms with Crippen LogP contribution in [0, 0.1) is 0 Å². The Balaban J connectivity index is 2.93. The van der Waals surface area contributed by atoms with E-state index in [1.54, 1.807) is 6.07 Å². The van der Waals surface area contributed by atoms with Gasteiger partial charge in [0.15, 0.2) is 0 Å². The number of esters is 1. The van der Waals surface area contributed by atoms with Gasteiger partial charge in [0.05, 0.1) is 0 Å². The minimum absolute atomic E-state index is 0.361. The van der Waals surface area contributed by atoms with Crippen LogP contribution in [0.4, 0.5) is 0 Å². The van der Waals surface area contributed by atoms with Gasteiger partial charge in [0, 0.05) is 17.0 Å². The fraction of sp³-hybridized carbons (Fsp3) is 0.125. The quantitative estimate of drug-likeness (QED) is 0.520. The van der Waals surface area contributed by atoms with Crippen molar-refractivity contribution in [3.8, 4) is 5.75 Å².